The van der Waals surface area contributed by atoms with Gasteiger partial charge in [0.2, 0.25) is 0 Å². The maximum Gasteiger partial charge on any atom is 0.303 e. The zero-order valence-electron chi connectivity index (χ0n) is 59.4. The van der Waals surface area contributed by atoms with E-state index < -0.39 is 83.6 Å². The largest absolute Gasteiger partial charge is 0.481 e. The summed E-state index contributed by atoms with van der Waals surface area (Å²) >= 11 is 0. The van der Waals surface area contributed by atoms with Crippen molar-refractivity contribution in [3.05, 3.63) is 0 Å². The normalized spacial score (nSPS) is 9.80. The van der Waals surface area contributed by atoms with Crippen molar-refractivity contribution >= 4 is 108 Å². The summed E-state index contributed by atoms with van der Waals surface area (Å²) in [5.74, 6) is -10.4. The first-order valence-electron chi connectivity index (χ1n) is 35.4. The standard InChI is InChI=1S/7C10H18O4.2ClH/c7*11-9(12)7-5-3-1-2-4-6-8-10(13)14;;/h7*1-8H2,(H,11,12)(H,13,14);2*1H. The molecule has 0 spiro atoms. The summed E-state index contributed by atoms with van der Waals surface area (Å²) in [6.07, 6.45) is 40.8. The maximum absolute atomic E-state index is 10.1. The van der Waals surface area contributed by atoms with Crippen LogP contribution in [0.2, 0.25) is 0 Å². The summed E-state index contributed by atoms with van der Waals surface area (Å²) in [5, 5.41) is 117. The Balaban J connectivity index is -0.000000138. The molecule has 0 bridgehead atoms. The fraction of sp³-hybridized carbons (Fsp3) is 0.800. The molecule has 0 aromatic carbocycles. The molecule has 0 radical (unpaired) electrons. The lowest BCUT2D eigenvalue weighted by Gasteiger charge is -1.98. The number of hydrogen-bond acceptors (Lipinski definition) is 14. The van der Waals surface area contributed by atoms with E-state index in [0.29, 0.717) is 0 Å². The van der Waals surface area contributed by atoms with E-state index in [1.807, 2.05) is 0 Å². The summed E-state index contributed by atoms with van der Waals surface area (Å²) in [7, 11) is 0. The minimum absolute atomic E-state index is 0. The molecule has 0 aliphatic rings. The number of unbranched alkanes of at least 4 members (excludes halogenated alkanes) is 35. The van der Waals surface area contributed by atoms with Gasteiger partial charge in [-0.25, -0.2) is 0 Å². The molecule has 590 valence electrons. The summed E-state index contributed by atoms with van der Waals surface area (Å²) in [6, 6.07) is 0. The molecular formula is C70H128Cl2O28. The van der Waals surface area contributed by atoms with Gasteiger partial charge in [0, 0.05) is 89.9 Å². The van der Waals surface area contributed by atoms with E-state index in [2.05, 4.69) is 0 Å². The molecule has 0 aromatic heterocycles. The van der Waals surface area contributed by atoms with Crippen LogP contribution >= 0.6 is 24.8 Å². The van der Waals surface area contributed by atoms with Crippen molar-refractivity contribution in [1.29, 1.82) is 0 Å². The molecule has 14 N–H and O–H groups in total. The van der Waals surface area contributed by atoms with Gasteiger partial charge in [0.1, 0.15) is 0 Å². The van der Waals surface area contributed by atoms with Crippen LogP contribution in [-0.2, 0) is 67.1 Å². The van der Waals surface area contributed by atoms with E-state index in [4.69, 9.17) is 71.5 Å². The molecule has 0 rings (SSSR count). The molecule has 0 saturated carbocycles. The van der Waals surface area contributed by atoms with Gasteiger partial charge in [-0.05, 0) is 89.9 Å². The van der Waals surface area contributed by atoms with Crippen LogP contribution in [0, 0.1) is 0 Å². The maximum atomic E-state index is 10.1. The predicted molar refractivity (Wildman–Crippen MR) is 380 cm³/mol. The van der Waals surface area contributed by atoms with Gasteiger partial charge in [-0.1, -0.05) is 180 Å². The molecule has 0 heterocycles. The molecule has 0 amide bonds. The third-order valence-corrected chi connectivity index (χ3v) is 14.2. The van der Waals surface area contributed by atoms with Gasteiger partial charge in [0.15, 0.2) is 0 Å². The molecule has 0 aliphatic heterocycles. The first-order valence-corrected chi connectivity index (χ1v) is 35.4. The van der Waals surface area contributed by atoms with Gasteiger partial charge < -0.3 is 71.5 Å². The summed E-state index contributed by atoms with van der Waals surface area (Å²) in [6.45, 7) is 0. The van der Waals surface area contributed by atoms with Crippen LogP contribution in [0.15, 0.2) is 0 Å². The number of carboxylic acid groups (broad SMARTS) is 14. The Labute approximate surface area is 604 Å². The van der Waals surface area contributed by atoms with Gasteiger partial charge >= 0.3 is 83.6 Å². The molecule has 0 fully saturated rings. The van der Waals surface area contributed by atoms with Crippen LogP contribution in [0.25, 0.3) is 0 Å². The minimum atomic E-state index is -0.740. The van der Waals surface area contributed by atoms with E-state index >= 15 is 0 Å². The Morgan fingerprint density at radius 3 is 0.180 bits per heavy atom. The smallest absolute Gasteiger partial charge is 0.303 e. The Kier molecular flexibility index (Phi) is 103. The quantitative estimate of drug-likeness (QED) is 0.0252. The van der Waals surface area contributed by atoms with Gasteiger partial charge in [-0.15, -0.1) is 24.8 Å². The van der Waals surface area contributed by atoms with Gasteiger partial charge in [0.05, 0.1) is 0 Å². The van der Waals surface area contributed by atoms with Crippen LogP contribution in [0.4, 0.5) is 0 Å². The Bertz CT molecular complexity index is 1510. The van der Waals surface area contributed by atoms with Crippen molar-refractivity contribution in [2.75, 3.05) is 0 Å². The Morgan fingerprint density at radius 2 is 0.140 bits per heavy atom. The SMILES string of the molecule is Cl.Cl.O=C(O)CCCCCCCCC(=O)O.O=C(O)CCCCCCCCC(=O)O.O=C(O)CCCCCCCCC(=O)O.O=C(O)CCCCCCCCC(=O)O.O=C(O)CCCCCCCCC(=O)O.O=C(O)CCCCCCCCC(=O)O.O=C(O)CCCCCCCCC(=O)O. The second-order valence-corrected chi connectivity index (χ2v) is 23.9. The van der Waals surface area contributed by atoms with Crippen LogP contribution in [0.5, 0.6) is 0 Å². The zero-order chi connectivity index (χ0) is 75.7. The lowest BCUT2D eigenvalue weighted by Crippen LogP contribution is -1.94. The van der Waals surface area contributed by atoms with Crippen molar-refractivity contribution in [3.63, 3.8) is 0 Å². The molecule has 0 saturated heterocycles. The van der Waals surface area contributed by atoms with Crippen molar-refractivity contribution < 1.29 is 139 Å². The lowest BCUT2D eigenvalue weighted by atomic mass is 10.1. The van der Waals surface area contributed by atoms with Crippen molar-refractivity contribution in [2.45, 2.75) is 360 Å². The van der Waals surface area contributed by atoms with Crippen molar-refractivity contribution in [2.24, 2.45) is 0 Å². The molecule has 30 heteroatoms. The summed E-state index contributed by atoms with van der Waals surface area (Å²) in [4.78, 5) is 142. The number of rotatable bonds is 63. The van der Waals surface area contributed by atoms with E-state index in [0.717, 1.165) is 270 Å². The molecular weight excluding hydrogens is 1360 g/mol. The van der Waals surface area contributed by atoms with Crippen LogP contribution in [-0.4, -0.2) is 155 Å². The van der Waals surface area contributed by atoms with E-state index in [1.54, 1.807) is 0 Å². The second kappa shape index (κ2) is 92.2. The molecule has 0 atom stereocenters. The number of halogens is 2. The highest BCUT2D eigenvalue weighted by atomic mass is 35.5. The number of carboxylic acids is 14. The van der Waals surface area contributed by atoms with Gasteiger partial charge in [-0.3, -0.25) is 67.1 Å². The van der Waals surface area contributed by atoms with E-state index in [9.17, 15) is 67.1 Å². The highest BCUT2D eigenvalue weighted by Crippen LogP contribution is 2.14. The van der Waals surface area contributed by atoms with E-state index in [-0.39, 0.29) is 115 Å². The van der Waals surface area contributed by atoms with Crippen molar-refractivity contribution in [3.8, 4) is 0 Å². The number of carbonyl (C=O) groups is 14. The second-order valence-electron chi connectivity index (χ2n) is 23.9. The molecule has 0 aromatic rings. The fourth-order valence-corrected chi connectivity index (χ4v) is 8.82. The van der Waals surface area contributed by atoms with Crippen LogP contribution in [0.1, 0.15) is 360 Å². The topological polar surface area (TPSA) is 522 Å². The summed E-state index contributed by atoms with van der Waals surface area (Å²) in [5.41, 5.74) is 0. The average Bonchev–Trinajstić information content (AvgIpc) is 3.74. The van der Waals surface area contributed by atoms with E-state index in [1.165, 1.54) is 0 Å². The molecule has 0 unspecified atom stereocenters. The lowest BCUT2D eigenvalue weighted by molar-refractivity contribution is -0.138. The Morgan fingerprint density at radius 1 is 0.100 bits per heavy atom. The first-order chi connectivity index (χ1) is 46.4. The Hall–Kier alpha value is -6.84. The monoisotopic (exact) mass is 1490 g/mol. The molecule has 0 aliphatic carbocycles. The highest BCUT2D eigenvalue weighted by molar-refractivity contribution is 5.85. The third-order valence-electron chi connectivity index (χ3n) is 14.2. The number of hydrogen-bond donors (Lipinski definition) is 14. The molecule has 100 heavy (non-hydrogen) atoms. The van der Waals surface area contributed by atoms with Crippen LogP contribution < -0.4 is 0 Å². The first kappa shape index (κ1) is 112. The van der Waals surface area contributed by atoms with Crippen molar-refractivity contribution in [1.82, 2.24) is 0 Å². The highest BCUT2D eigenvalue weighted by Gasteiger charge is 2.05. The average molecular weight is 1490 g/mol. The van der Waals surface area contributed by atoms with Gasteiger partial charge in [0.25, 0.3) is 0 Å². The summed E-state index contributed by atoms with van der Waals surface area (Å²) < 4.78 is 0. The fourth-order valence-electron chi connectivity index (χ4n) is 8.82. The van der Waals surface area contributed by atoms with Crippen LogP contribution in [0.3, 0.4) is 0 Å². The van der Waals surface area contributed by atoms with Gasteiger partial charge in [-0.2, -0.15) is 0 Å². The third kappa shape index (κ3) is 151. The molecule has 28 nitrogen and oxygen atoms in total. The zero-order valence-corrected chi connectivity index (χ0v) is 61.0. The minimum Gasteiger partial charge on any atom is -0.481 e. The predicted octanol–water partition coefficient (Wildman–Crippen LogP) is 16.8. The number of aliphatic carboxylic acids is 14.